The molecule has 0 aliphatic rings. The van der Waals surface area contributed by atoms with Crippen LogP contribution < -0.4 is 15.5 Å². The van der Waals surface area contributed by atoms with Crippen LogP contribution >= 0.6 is 0 Å². The van der Waals surface area contributed by atoms with Crippen molar-refractivity contribution in [2.75, 3.05) is 17.9 Å². The summed E-state index contributed by atoms with van der Waals surface area (Å²) in [7, 11) is 1.46. The molecule has 0 saturated heterocycles. The van der Waals surface area contributed by atoms with Crippen LogP contribution in [-0.2, 0) is 0 Å². The standard InChI is InChI=1S/C15H11N5O3/c1-22-13-5-4-10(19-20-11(8-16)9-17)7-12(13)18-15(21)14-3-2-6-23-14/h2-7,19H,1H3,(H,18,21). The molecule has 0 fully saturated rings. The molecule has 8 nitrogen and oxygen atoms in total. The fourth-order valence-corrected chi connectivity index (χ4v) is 1.66. The number of nitrogens with one attached hydrogen (secondary N) is 2. The number of amides is 1. The van der Waals surface area contributed by atoms with Gasteiger partial charge in [-0.15, -0.1) is 0 Å². The van der Waals surface area contributed by atoms with E-state index < -0.39 is 5.91 Å². The van der Waals surface area contributed by atoms with Crippen molar-refractivity contribution in [3.63, 3.8) is 0 Å². The lowest BCUT2D eigenvalue weighted by Crippen LogP contribution is -2.12. The summed E-state index contributed by atoms with van der Waals surface area (Å²) in [6, 6.07) is 11.2. The Kier molecular flexibility index (Phi) is 4.95. The van der Waals surface area contributed by atoms with Crippen LogP contribution in [-0.4, -0.2) is 18.7 Å². The van der Waals surface area contributed by atoms with Gasteiger partial charge in [0.05, 0.1) is 24.7 Å². The molecule has 1 aromatic carbocycles. The van der Waals surface area contributed by atoms with Crippen molar-refractivity contribution in [2.24, 2.45) is 5.10 Å². The molecule has 1 heterocycles. The van der Waals surface area contributed by atoms with Gasteiger partial charge in [0.2, 0.25) is 5.71 Å². The molecule has 0 saturated carbocycles. The van der Waals surface area contributed by atoms with E-state index in [0.717, 1.165) is 0 Å². The number of hydrazone groups is 1. The number of nitriles is 2. The molecule has 114 valence electrons. The van der Waals surface area contributed by atoms with Gasteiger partial charge in [-0.2, -0.15) is 15.6 Å². The zero-order chi connectivity index (χ0) is 16.7. The highest BCUT2D eigenvalue weighted by molar-refractivity contribution is 6.10. The smallest absolute Gasteiger partial charge is 0.291 e. The molecule has 0 aliphatic heterocycles. The van der Waals surface area contributed by atoms with Gasteiger partial charge in [0.15, 0.2) is 5.76 Å². The van der Waals surface area contributed by atoms with Crippen molar-refractivity contribution < 1.29 is 13.9 Å². The molecular formula is C15H11N5O3. The first-order valence-electron chi connectivity index (χ1n) is 6.34. The second kappa shape index (κ2) is 7.29. The highest BCUT2D eigenvalue weighted by atomic mass is 16.5. The Balaban J connectivity index is 2.23. The predicted molar refractivity (Wildman–Crippen MR) is 81.9 cm³/mol. The van der Waals surface area contributed by atoms with E-state index in [4.69, 9.17) is 19.7 Å². The third-order valence-electron chi connectivity index (χ3n) is 2.70. The van der Waals surface area contributed by atoms with E-state index in [9.17, 15) is 4.79 Å². The number of hydrogen-bond donors (Lipinski definition) is 2. The number of hydrogen-bond acceptors (Lipinski definition) is 7. The molecule has 1 aromatic heterocycles. The number of anilines is 2. The monoisotopic (exact) mass is 309 g/mol. The number of carbonyl (C=O) groups is 1. The molecule has 0 unspecified atom stereocenters. The van der Waals surface area contributed by atoms with E-state index in [1.165, 1.54) is 19.4 Å². The third-order valence-corrected chi connectivity index (χ3v) is 2.70. The minimum absolute atomic E-state index is 0.152. The van der Waals surface area contributed by atoms with Crippen LogP contribution in [0.1, 0.15) is 10.6 Å². The molecule has 0 atom stereocenters. The summed E-state index contributed by atoms with van der Waals surface area (Å²) < 4.78 is 10.2. The van der Waals surface area contributed by atoms with Crippen molar-refractivity contribution >= 4 is 23.0 Å². The van der Waals surface area contributed by atoms with Gasteiger partial charge >= 0.3 is 0 Å². The van der Waals surface area contributed by atoms with Crippen molar-refractivity contribution in [1.82, 2.24) is 0 Å². The molecule has 0 bridgehead atoms. The largest absolute Gasteiger partial charge is 0.495 e. The minimum atomic E-state index is -0.441. The number of nitrogens with zero attached hydrogens (tertiary/aromatic N) is 3. The molecule has 0 aliphatic carbocycles. The predicted octanol–water partition coefficient (Wildman–Crippen LogP) is 2.36. The Hall–Kier alpha value is -3.78. The molecule has 2 aromatic rings. The Morgan fingerprint density at radius 2 is 2.09 bits per heavy atom. The van der Waals surface area contributed by atoms with E-state index in [2.05, 4.69) is 15.8 Å². The van der Waals surface area contributed by atoms with Gasteiger partial charge in [-0.25, -0.2) is 0 Å². The van der Waals surface area contributed by atoms with E-state index in [1.54, 1.807) is 36.4 Å². The Labute approximate surface area is 131 Å². The highest BCUT2D eigenvalue weighted by Crippen LogP contribution is 2.28. The van der Waals surface area contributed by atoms with E-state index >= 15 is 0 Å². The number of benzene rings is 1. The number of ether oxygens (including phenoxy) is 1. The van der Waals surface area contributed by atoms with Gasteiger partial charge in [0.25, 0.3) is 5.91 Å². The van der Waals surface area contributed by atoms with Crippen molar-refractivity contribution in [3.05, 3.63) is 42.4 Å². The van der Waals surface area contributed by atoms with E-state index in [-0.39, 0.29) is 11.5 Å². The normalized spacial score (nSPS) is 9.17. The summed E-state index contributed by atoms with van der Waals surface area (Å²) in [4.78, 5) is 12.0. The molecule has 2 rings (SSSR count). The van der Waals surface area contributed by atoms with Crippen LogP contribution in [0, 0.1) is 22.7 Å². The Bertz CT molecular complexity index is 797. The molecular weight excluding hydrogens is 298 g/mol. The topological polar surface area (TPSA) is 123 Å². The van der Waals surface area contributed by atoms with Crippen molar-refractivity contribution in [2.45, 2.75) is 0 Å². The van der Waals surface area contributed by atoms with Gasteiger partial charge in [-0.05, 0) is 30.3 Å². The lowest BCUT2D eigenvalue weighted by molar-refractivity contribution is 0.0996. The quantitative estimate of drug-likeness (QED) is 0.645. The average Bonchev–Trinajstić information content (AvgIpc) is 3.10. The first kappa shape index (κ1) is 15.6. The van der Waals surface area contributed by atoms with Gasteiger partial charge in [0, 0.05) is 0 Å². The lowest BCUT2D eigenvalue weighted by atomic mass is 10.2. The second-order valence-electron chi connectivity index (χ2n) is 4.14. The first-order valence-corrected chi connectivity index (χ1v) is 6.34. The Morgan fingerprint density at radius 3 is 2.70 bits per heavy atom. The van der Waals surface area contributed by atoms with E-state index in [1.807, 2.05) is 0 Å². The molecule has 8 heteroatoms. The van der Waals surface area contributed by atoms with Gasteiger partial charge < -0.3 is 14.5 Å². The molecule has 23 heavy (non-hydrogen) atoms. The number of carbonyl (C=O) groups excluding carboxylic acids is 1. The number of furan rings is 1. The fourth-order valence-electron chi connectivity index (χ4n) is 1.66. The number of methoxy groups -OCH3 is 1. The van der Waals surface area contributed by atoms with E-state index in [0.29, 0.717) is 17.1 Å². The summed E-state index contributed by atoms with van der Waals surface area (Å²) in [5.41, 5.74) is 3.08. The van der Waals surface area contributed by atoms with Gasteiger partial charge in [-0.1, -0.05) is 0 Å². The summed E-state index contributed by atoms with van der Waals surface area (Å²) in [6.45, 7) is 0. The van der Waals surface area contributed by atoms with Crippen molar-refractivity contribution in [1.29, 1.82) is 10.5 Å². The fraction of sp³-hybridized carbons (Fsp3) is 0.0667. The molecule has 0 spiro atoms. The van der Waals surface area contributed by atoms with Crippen LogP contribution in [0.2, 0.25) is 0 Å². The molecule has 2 N–H and O–H groups in total. The van der Waals surface area contributed by atoms with Crippen molar-refractivity contribution in [3.8, 4) is 17.9 Å². The second-order valence-corrected chi connectivity index (χ2v) is 4.14. The van der Waals surface area contributed by atoms with Crippen LogP contribution in [0.4, 0.5) is 11.4 Å². The van der Waals surface area contributed by atoms with Crippen LogP contribution in [0.3, 0.4) is 0 Å². The van der Waals surface area contributed by atoms with Crippen LogP contribution in [0.5, 0.6) is 5.75 Å². The van der Waals surface area contributed by atoms with Crippen LogP contribution in [0.15, 0.2) is 46.1 Å². The first-order chi connectivity index (χ1) is 11.2. The summed E-state index contributed by atoms with van der Waals surface area (Å²) >= 11 is 0. The SMILES string of the molecule is COc1ccc(NN=C(C#N)C#N)cc1NC(=O)c1ccco1. The van der Waals surface area contributed by atoms with Crippen LogP contribution in [0.25, 0.3) is 0 Å². The lowest BCUT2D eigenvalue weighted by Gasteiger charge is -2.11. The zero-order valence-electron chi connectivity index (χ0n) is 12.0. The average molecular weight is 309 g/mol. The third kappa shape index (κ3) is 3.86. The molecule has 0 radical (unpaired) electrons. The summed E-state index contributed by atoms with van der Waals surface area (Å²) in [5.74, 6) is 0.142. The maximum absolute atomic E-state index is 12.0. The number of rotatable bonds is 5. The zero-order valence-corrected chi connectivity index (χ0v) is 12.0. The maximum atomic E-state index is 12.0. The highest BCUT2D eigenvalue weighted by Gasteiger charge is 2.12. The van der Waals surface area contributed by atoms with Gasteiger partial charge in [-0.3, -0.25) is 10.2 Å². The molecule has 1 amide bonds. The summed E-state index contributed by atoms with van der Waals surface area (Å²) in [5, 5.41) is 23.5. The maximum Gasteiger partial charge on any atom is 0.291 e. The Morgan fingerprint density at radius 1 is 1.30 bits per heavy atom. The van der Waals surface area contributed by atoms with Gasteiger partial charge in [0.1, 0.15) is 17.9 Å². The minimum Gasteiger partial charge on any atom is -0.495 e. The summed E-state index contributed by atoms with van der Waals surface area (Å²) in [6.07, 6.45) is 1.39.